The minimum Gasteiger partial charge on any atom is -0.393 e. The van der Waals surface area contributed by atoms with Gasteiger partial charge in [0.2, 0.25) is 0 Å². The molecule has 0 aromatic rings. The van der Waals surface area contributed by atoms with E-state index in [1.54, 1.807) is 0 Å². The Bertz CT molecular complexity index is 121. The second-order valence-electron chi connectivity index (χ2n) is 5.28. The standard InChI is InChI=1S/C15H32O/c1-4-6-8-10-15(11-9-7-5-2)13-12-14(3)16/h14-16H,4-13H2,1-3H3. The molecular formula is C15H32O. The molecule has 0 amide bonds. The number of unbranched alkanes of at least 4 members (excludes halogenated alkanes) is 4. The Morgan fingerprint density at radius 2 is 1.25 bits per heavy atom. The van der Waals surface area contributed by atoms with Gasteiger partial charge in [-0.25, -0.2) is 0 Å². The summed E-state index contributed by atoms with van der Waals surface area (Å²) in [5, 5.41) is 9.34. The van der Waals surface area contributed by atoms with Crippen LogP contribution in [-0.4, -0.2) is 11.2 Å². The maximum atomic E-state index is 9.34. The molecule has 0 aromatic carbocycles. The minimum absolute atomic E-state index is 0.111. The Morgan fingerprint density at radius 3 is 1.62 bits per heavy atom. The summed E-state index contributed by atoms with van der Waals surface area (Å²) in [4.78, 5) is 0. The van der Waals surface area contributed by atoms with Gasteiger partial charge in [0, 0.05) is 0 Å². The monoisotopic (exact) mass is 228 g/mol. The molecule has 0 rings (SSSR count). The van der Waals surface area contributed by atoms with Crippen LogP contribution in [0.4, 0.5) is 0 Å². The third kappa shape index (κ3) is 10.5. The molecule has 1 atom stereocenters. The molecule has 0 heterocycles. The fraction of sp³-hybridized carbons (Fsp3) is 1.00. The van der Waals surface area contributed by atoms with Crippen molar-refractivity contribution < 1.29 is 5.11 Å². The van der Waals surface area contributed by atoms with Crippen LogP contribution in [0.3, 0.4) is 0 Å². The summed E-state index contributed by atoms with van der Waals surface area (Å²) in [5.74, 6) is 0.868. The minimum atomic E-state index is -0.111. The zero-order chi connectivity index (χ0) is 12.2. The van der Waals surface area contributed by atoms with Gasteiger partial charge in [0.1, 0.15) is 0 Å². The molecule has 0 aliphatic carbocycles. The first-order valence-electron chi connectivity index (χ1n) is 7.38. The second-order valence-corrected chi connectivity index (χ2v) is 5.28. The number of hydrogen-bond acceptors (Lipinski definition) is 1. The zero-order valence-electron chi connectivity index (χ0n) is 11.7. The van der Waals surface area contributed by atoms with E-state index in [2.05, 4.69) is 13.8 Å². The summed E-state index contributed by atoms with van der Waals surface area (Å²) < 4.78 is 0. The highest BCUT2D eigenvalue weighted by atomic mass is 16.3. The van der Waals surface area contributed by atoms with E-state index in [9.17, 15) is 5.11 Å². The van der Waals surface area contributed by atoms with Crippen molar-refractivity contribution in [2.75, 3.05) is 0 Å². The molecule has 0 aliphatic rings. The molecule has 0 spiro atoms. The van der Waals surface area contributed by atoms with Crippen LogP contribution < -0.4 is 0 Å². The third-order valence-corrected chi connectivity index (χ3v) is 3.42. The van der Waals surface area contributed by atoms with Gasteiger partial charge in [-0.3, -0.25) is 0 Å². The Morgan fingerprint density at radius 1 is 0.750 bits per heavy atom. The summed E-state index contributed by atoms with van der Waals surface area (Å²) in [6, 6.07) is 0. The van der Waals surface area contributed by atoms with Crippen molar-refractivity contribution in [1.82, 2.24) is 0 Å². The number of rotatable bonds is 11. The number of aliphatic hydroxyl groups is 1. The Hall–Kier alpha value is -0.0400. The zero-order valence-corrected chi connectivity index (χ0v) is 11.7. The van der Waals surface area contributed by atoms with Gasteiger partial charge in [0.05, 0.1) is 6.10 Å². The normalized spacial score (nSPS) is 13.3. The van der Waals surface area contributed by atoms with Crippen LogP contribution in [0.15, 0.2) is 0 Å². The van der Waals surface area contributed by atoms with Crippen LogP contribution in [0.25, 0.3) is 0 Å². The quantitative estimate of drug-likeness (QED) is 0.497. The molecule has 98 valence electrons. The molecule has 0 saturated carbocycles. The van der Waals surface area contributed by atoms with E-state index in [1.165, 1.54) is 57.8 Å². The number of aliphatic hydroxyl groups excluding tert-OH is 1. The highest BCUT2D eigenvalue weighted by Gasteiger charge is 2.09. The van der Waals surface area contributed by atoms with Crippen LogP contribution in [0.1, 0.15) is 85.0 Å². The van der Waals surface area contributed by atoms with Gasteiger partial charge in [0.25, 0.3) is 0 Å². The molecule has 0 aliphatic heterocycles. The summed E-state index contributed by atoms with van der Waals surface area (Å²) in [5.41, 5.74) is 0. The van der Waals surface area contributed by atoms with Crippen molar-refractivity contribution in [3.8, 4) is 0 Å². The first-order valence-corrected chi connectivity index (χ1v) is 7.38. The van der Waals surface area contributed by atoms with Gasteiger partial charge in [-0.15, -0.1) is 0 Å². The van der Waals surface area contributed by atoms with E-state index in [1.807, 2.05) is 6.92 Å². The maximum Gasteiger partial charge on any atom is 0.0512 e. The molecule has 0 fully saturated rings. The lowest BCUT2D eigenvalue weighted by Gasteiger charge is -2.17. The van der Waals surface area contributed by atoms with Crippen LogP contribution in [-0.2, 0) is 0 Å². The molecule has 0 bridgehead atoms. The van der Waals surface area contributed by atoms with Crippen molar-refractivity contribution in [2.45, 2.75) is 91.1 Å². The highest BCUT2D eigenvalue weighted by Crippen LogP contribution is 2.22. The van der Waals surface area contributed by atoms with Crippen molar-refractivity contribution in [1.29, 1.82) is 0 Å². The van der Waals surface area contributed by atoms with Gasteiger partial charge in [-0.1, -0.05) is 65.2 Å². The first-order chi connectivity index (χ1) is 7.70. The largest absolute Gasteiger partial charge is 0.393 e. The maximum absolute atomic E-state index is 9.34. The average molecular weight is 228 g/mol. The van der Waals surface area contributed by atoms with Crippen molar-refractivity contribution in [3.63, 3.8) is 0 Å². The molecule has 1 N–H and O–H groups in total. The predicted molar refractivity (Wildman–Crippen MR) is 72.7 cm³/mol. The molecular weight excluding hydrogens is 196 g/mol. The van der Waals surface area contributed by atoms with Crippen LogP contribution in [0, 0.1) is 5.92 Å². The summed E-state index contributed by atoms with van der Waals surface area (Å²) in [7, 11) is 0. The summed E-state index contributed by atoms with van der Waals surface area (Å²) in [6.07, 6.45) is 13.0. The van der Waals surface area contributed by atoms with Crippen LogP contribution >= 0.6 is 0 Å². The smallest absolute Gasteiger partial charge is 0.0512 e. The Labute approximate surface area is 103 Å². The third-order valence-electron chi connectivity index (χ3n) is 3.42. The molecule has 16 heavy (non-hydrogen) atoms. The fourth-order valence-corrected chi connectivity index (χ4v) is 2.28. The average Bonchev–Trinajstić information content (AvgIpc) is 2.25. The van der Waals surface area contributed by atoms with Gasteiger partial charge in [0.15, 0.2) is 0 Å². The number of hydrogen-bond donors (Lipinski definition) is 1. The van der Waals surface area contributed by atoms with Crippen molar-refractivity contribution in [2.24, 2.45) is 5.92 Å². The molecule has 1 nitrogen and oxygen atoms in total. The lowest BCUT2D eigenvalue weighted by molar-refractivity contribution is 0.170. The highest BCUT2D eigenvalue weighted by molar-refractivity contribution is 4.62. The van der Waals surface area contributed by atoms with E-state index in [-0.39, 0.29) is 6.10 Å². The second kappa shape index (κ2) is 11.4. The van der Waals surface area contributed by atoms with Crippen LogP contribution in [0.5, 0.6) is 0 Å². The van der Waals surface area contributed by atoms with Gasteiger partial charge in [-0.05, 0) is 25.7 Å². The van der Waals surface area contributed by atoms with Gasteiger partial charge in [-0.2, -0.15) is 0 Å². The lowest BCUT2D eigenvalue weighted by Crippen LogP contribution is -2.07. The molecule has 0 radical (unpaired) electrons. The predicted octanol–water partition coefficient (Wildman–Crippen LogP) is 4.92. The molecule has 1 unspecified atom stereocenters. The van der Waals surface area contributed by atoms with E-state index in [0.29, 0.717) is 0 Å². The van der Waals surface area contributed by atoms with E-state index in [4.69, 9.17) is 0 Å². The molecule has 0 saturated heterocycles. The van der Waals surface area contributed by atoms with Crippen molar-refractivity contribution >= 4 is 0 Å². The summed E-state index contributed by atoms with van der Waals surface area (Å²) >= 11 is 0. The first kappa shape index (κ1) is 16.0. The Balaban J connectivity index is 3.67. The fourth-order valence-electron chi connectivity index (χ4n) is 2.28. The summed E-state index contributed by atoms with van der Waals surface area (Å²) in [6.45, 7) is 6.44. The van der Waals surface area contributed by atoms with Crippen molar-refractivity contribution in [3.05, 3.63) is 0 Å². The van der Waals surface area contributed by atoms with Crippen LogP contribution in [0.2, 0.25) is 0 Å². The van der Waals surface area contributed by atoms with E-state index in [0.717, 1.165) is 12.3 Å². The Kier molecular flexibility index (Phi) is 11.4. The molecule has 1 heteroatoms. The lowest BCUT2D eigenvalue weighted by atomic mass is 9.90. The van der Waals surface area contributed by atoms with E-state index >= 15 is 0 Å². The van der Waals surface area contributed by atoms with Gasteiger partial charge >= 0.3 is 0 Å². The molecule has 0 aromatic heterocycles. The SMILES string of the molecule is CCCCCC(CCCCC)CCC(C)O. The van der Waals surface area contributed by atoms with Gasteiger partial charge < -0.3 is 5.11 Å². The van der Waals surface area contributed by atoms with E-state index < -0.39 is 0 Å². The topological polar surface area (TPSA) is 20.2 Å².